The van der Waals surface area contributed by atoms with Crippen molar-refractivity contribution in [3.63, 3.8) is 0 Å². The molecule has 71 heavy (non-hydrogen) atoms. The number of nitrogens with one attached hydrogen (secondary N) is 5. The van der Waals surface area contributed by atoms with Crippen molar-refractivity contribution in [2.24, 2.45) is 28.6 Å². The first kappa shape index (κ1) is 53.6. The fraction of sp³-hybridized carbons (Fsp3) is 0.655. The quantitative estimate of drug-likeness (QED) is 0.0518. The maximum Gasteiger partial charge on any atom is 0.246 e. The highest BCUT2D eigenvalue weighted by Gasteiger charge is 2.58. The van der Waals surface area contributed by atoms with Crippen LogP contribution >= 0.6 is 0 Å². The fourth-order valence-electron chi connectivity index (χ4n) is 13.5. The zero-order chi connectivity index (χ0) is 51.1. The molecule has 0 bridgehead atoms. The maximum absolute atomic E-state index is 14.7. The minimum atomic E-state index is -0.899. The van der Waals surface area contributed by atoms with Crippen LogP contribution in [0.4, 0.5) is 5.69 Å². The monoisotopic (exact) mass is 976 g/mol. The molecule has 0 heterocycles. The summed E-state index contributed by atoms with van der Waals surface area (Å²) in [5.74, 6) is 4.57. The van der Waals surface area contributed by atoms with Crippen molar-refractivity contribution in [3.05, 3.63) is 58.7 Å². The van der Waals surface area contributed by atoms with Gasteiger partial charge in [-0.05, 0) is 165 Å². The van der Waals surface area contributed by atoms with E-state index in [0.717, 1.165) is 101 Å². The van der Waals surface area contributed by atoms with Crippen molar-refractivity contribution in [2.75, 3.05) is 18.5 Å². The van der Waals surface area contributed by atoms with Gasteiger partial charge in [0.1, 0.15) is 30.5 Å². The molecule has 5 aliphatic carbocycles. The zero-order valence-corrected chi connectivity index (χ0v) is 43.6. The average Bonchev–Trinajstić information content (AvgIpc) is 3.31. The van der Waals surface area contributed by atoms with Crippen LogP contribution in [-0.4, -0.2) is 71.9 Å². The molecule has 9 atom stereocenters. The summed E-state index contributed by atoms with van der Waals surface area (Å²) in [6.45, 7) is 14.3. The Kier molecular flexibility index (Phi) is 17.1. The highest BCUT2D eigenvalue weighted by molar-refractivity contribution is 6.01. The lowest BCUT2D eigenvalue weighted by molar-refractivity contribution is -0.150. The zero-order valence-electron chi connectivity index (χ0n) is 43.6. The van der Waals surface area contributed by atoms with Crippen LogP contribution in [0.1, 0.15) is 180 Å². The maximum atomic E-state index is 14.7. The number of phenolic OH excluding ortho intramolecular Hbond substituents is 1. The molecular weight excluding hydrogens is 895 g/mol. The van der Waals surface area contributed by atoms with E-state index in [1.54, 1.807) is 13.0 Å². The molecule has 386 valence electrons. The normalized spacial score (nSPS) is 28.5. The van der Waals surface area contributed by atoms with Crippen molar-refractivity contribution >= 4 is 41.1 Å². The molecule has 2 aromatic carbocycles. The molecule has 0 aliphatic heterocycles. The number of anilines is 1. The molecule has 2 saturated carbocycles. The summed E-state index contributed by atoms with van der Waals surface area (Å²) in [5, 5.41) is 25.1. The lowest BCUT2D eigenvalue weighted by atomic mass is 9.49. The van der Waals surface area contributed by atoms with E-state index in [9.17, 15) is 33.9 Å². The molecule has 2 fully saturated rings. The number of hydrogen-bond acceptors (Lipinski definition) is 8. The molecule has 6 amide bonds. The molecule has 5 aliphatic rings. The molecule has 6 N–H and O–H groups in total. The van der Waals surface area contributed by atoms with E-state index >= 15 is 0 Å². The Labute approximate surface area is 422 Å². The Bertz CT molecular complexity index is 2390. The van der Waals surface area contributed by atoms with Gasteiger partial charge < -0.3 is 31.1 Å². The van der Waals surface area contributed by atoms with Gasteiger partial charge in [-0.25, -0.2) is 0 Å². The smallest absolute Gasteiger partial charge is 0.246 e. The number of amides is 6. The molecule has 0 spiro atoms. The van der Waals surface area contributed by atoms with Gasteiger partial charge in [0.05, 0.1) is 10.8 Å². The summed E-state index contributed by atoms with van der Waals surface area (Å²) in [6, 6.07) is 9.89. The number of unbranched alkanes of at least 4 members (excludes halogenated alkanes) is 2. The van der Waals surface area contributed by atoms with Gasteiger partial charge >= 0.3 is 0 Å². The second kappa shape index (κ2) is 22.7. The lowest BCUT2D eigenvalue weighted by Gasteiger charge is -2.56. The first-order chi connectivity index (χ1) is 33.8. The fourth-order valence-corrected chi connectivity index (χ4v) is 13.5. The standard InChI is InChI=1S/C58H81N5O8/c1-37(2)50(62-48(65)20-14-11-15-33-59-49(66)36-71-43-18-12-9-8-10-13-19-43)52(68)60-38(3)51(67)61-41-25-21-39-23-27-46-55(4,44(39)34-41)29-16-31-57(46,6)53(69)63-54(70)58(7)32-17-30-56(5)45-35-42(64)26-22-40(45)24-28-47(56)58/h21-22,25-26,34-35,37-38,43,46-47,50,64H,8-12,14-18,20,23-24,27-33,36H2,1-7H3,(H,59,66)(H,60,68)(H,61,67)(H,62,65)(H,63,69,70)/t38-,43?,46?,47+,50-,55+,56+,57-,58-/m0/s1. The van der Waals surface area contributed by atoms with Gasteiger partial charge in [-0.2, -0.15) is 0 Å². The first-order valence-corrected chi connectivity index (χ1v) is 26.9. The number of phenols is 1. The van der Waals surface area contributed by atoms with Gasteiger partial charge in [-0.1, -0.05) is 85.3 Å². The Morgan fingerprint density at radius 1 is 0.704 bits per heavy atom. The lowest BCUT2D eigenvalue weighted by Crippen LogP contribution is -2.60. The molecule has 7 rings (SSSR count). The molecule has 0 radical (unpaired) electrons. The van der Waals surface area contributed by atoms with Gasteiger partial charge in [0.25, 0.3) is 0 Å². The predicted octanol–water partition coefficient (Wildman–Crippen LogP) is 8.37. The molecule has 13 heteroatoms. The van der Waals surface area contributed by atoms with Crippen molar-refractivity contribution < 1.29 is 38.6 Å². The van der Waals surface area contributed by atoms with Crippen LogP contribution in [-0.2, 0) is 57.2 Å². The second-order valence-corrected chi connectivity index (χ2v) is 22.9. The van der Waals surface area contributed by atoms with E-state index in [1.165, 1.54) is 11.1 Å². The van der Waals surface area contributed by atoms with Crippen LogP contribution < -0.4 is 26.6 Å². The van der Waals surface area contributed by atoms with Gasteiger partial charge in [-0.15, -0.1) is 5.92 Å². The molecular formula is C58H81N5O8. The number of hydrogen-bond donors (Lipinski definition) is 6. The highest BCUT2D eigenvalue weighted by Crippen LogP contribution is 2.60. The summed E-state index contributed by atoms with van der Waals surface area (Å²) >= 11 is 0. The summed E-state index contributed by atoms with van der Waals surface area (Å²) in [4.78, 5) is 81.8. The molecule has 0 aromatic heterocycles. The Balaban J connectivity index is 0.897. The van der Waals surface area contributed by atoms with Crippen LogP contribution in [0.5, 0.6) is 5.75 Å². The number of ether oxygens (including phenoxy) is 1. The molecule has 13 nitrogen and oxygen atoms in total. The van der Waals surface area contributed by atoms with Crippen LogP contribution in [0.25, 0.3) is 0 Å². The number of carbonyl (C=O) groups is 6. The van der Waals surface area contributed by atoms with E-state index in [2.05, 4.69) is 58.3 Å². The van der Waals surface area contributed by atoms with Crippen molar-refractivity contribution in [1.82, 2.24) is 21.3 Å². The Hall–Kier alpha value is -5.22. The minimum absolute atomic E-state index is 0.0188. The third kappa shape index (κ3) is 11.9. The number of aryl methyl sites for hydroxylation is 2. The summed E-state index contributed by atoms with van der Waals surface area (Å²) in [6.07, 6.45) is 15.2. The topological polar surface area (TPSA) is 192 Å². The SMILES string of the molecule is CC(C)[C@H](NC(=O)CCCCCNC(=O)COC1C#CCCCCC1)C(=O)N[C@@H](C)C(=O)Nc1ccc2c(c1)[C@@]1(C)CCC[C@](C)(C(=O)NC(=O)[C@@]3(C)CCC[C@]4(C)c5cc(O)ccc5CC[C@@H]34)C1CC2. The summed E-state index contributed by atoms with van der Waals surface area (Å²) in [7, 11) is 0. The summed E-state index contributed by atoms with van der Waals surface area (Å²) in [5.41, 5.74) is 3.03. The Morgan fingerprint density at radius 3 is 1.99 bits per heavy atom. The van der Waals surface area contributed by atoms with E-state index in [4.69, 9.17) is 4.74 Å². The van der Waals surface area contributed by atoms with Gasteiger partial charge in [0.15, 0.2) is 0 Å². The van der Waals surface area contributed by atoms with Crippen LogP contribution in [0.3, 0.4) is 0 Å². The second-order valence-electron chi connectivity index (χ2n) is 22.9. The number of rotatable bonds is 17. The van der Waals surface area contributed by atoms with E-state index in [-0.39, 0.29) is 77.1 Å². The Morgan fingerprint density at radius 2 is 1.34 bits per heavy atom. The van der Waals surface area contributed by atoms with E-state index in [0.29, 0.717) is 37.9 Å². The predicted molar refractivity (Wildman–Crippen MR) is 275 cm³/mol. The number of carbonyl (C=O) groups excluding carboxylic acids is 6. The number of fused-ring (bicyclic) bond motifs is 6. The molecule has 2 aromatic rings. The van der Waals surface area contributed by atoms with Crippen LogP contribution in [0.15, 0.2) is 36.4 Å². The number of benzene rings is 2. The van der Waals surface area contributed by atoms with Gasteiger partial charge in [-0.3, -0.25) is 34.1 Å². The highest BCUT2D eigenvalue weighted by atomic mass is 16.5. The van der Waals surface area contributed by atoms with Crippen LogP contribution in [0.2, 0.25) is 0 Å². The third-order valence-corrected chi connectivity index (χ3v) is 17.6. The third-order valence-electron chi connectivity index (χ3n) is 17.6. The van der Waals surface area contributed by atoms with Crippen molar-refractivity contribution in [3.8, 4) is 17.6 Å². The minimum Gasteiger partial charge on any atom is -0.508 e. The van der Waals surface area contributed by atoms with Gasteiger partial charge in [0.2, 0.25) is 35.4 Å². The number of aromatic hydroxyl groups is 1. The number of imide groups is 1. The molecule has 0 saturated heterocycles. The van der Waals surface area contributed by atoms with Gasteiger partial charge in [0, 0.05) is 25.1 Å². The molecule has 2 unspecified atom stereocenters. The van der Waals surface area contributed by atoms with Crippen molar-refractivity contribution in [1.29, 1.82) is 0 Å². The first-order valence-electron chi connectivity index (χ1n) is 26.9. The van der Waals surface area contributed by atoms with Crippen LogP contribution in [0, 0.1) is 40.4 Å². The van der Waals surface area contributed by atoms with E-state index in [1.807, 2.05) is 52.0 Å². The largest absolute Gasteiger partial charge is 0.508 e. The summed E-state index contributed by atoms with van der Waals surface area (Å²) < 4.78 is 5.70. The van der Waals surface area contributed by atoms with Crippen molar-refractivity contribution in [2.45, 2.75) is 199 Å². The average molecular weight is 976 g/mol. The van der Waals surface area contributed by atoms with E-state index < -0.39 is 34.7 Å².